The fourth-order valence-electron chi connectivity index (χ4n) is 1.12. The second kappa shape index (κ2) is 6.88. The number of allylic oxidation sites excluding steroid dienone is 1. The predicted molar refractivity (Wildman–Crippen MR) is 57.7 cm³/mol. The summed E-state index contributed by atoms with van der Waals surface area (Å²) in [6.07, 6.45) is 4.73. The van der Waals surface area contributed by atoms with E-state index in [1.807, 2.05) is 0 Å². The van der Waals surface area contributed by atoms with Crippen molar-refractivity contribution in [1.29, 1.82) is 0 Å². The largest absolute Gasteiger partial charge is 0.295 e. The van der Waals surface area contributed by atoms with Crippen molar-refractivity contribution >= 4 is 5.78 Å². The maximum Gasteiger partial charge on any atom is 0.158 e. The van der Waals surface area contributed by atoms with Crippen LogP contribution in [0.15, 0.2) is 12.2 Å². The van der Waals surface area contributed by atoms with E-state index in [-0.39, 0.29) is 5.78 Å². The fourth-order valence-corrected chi connectivity index (χ4v) is 1.12. The van der Waals surface area contributed by atoms with Crippen molar-refractivity contribution in [3.05, 3.63) is 12.2 Å². The van der Waals surface area contributed by atoms with Gasteiger partial charge in [0.15, 0.2) is 5.78 Å². The number of carbonyl (C=O) groups excluding carboxylic acids is 1. The van der Waals surface area contributed by atoms with E-state index in [0.717, 1.165) is 31.3 Å². The summed E-state index contributed by atoms with van der Waals surface area (Å²) in [6, 6.07) is 0. The molecule has 0 fully saturated rings. The zero-order valence-electron chi connectivity index (χ0n) is 9.23. The highest BCUT2D eigenvalue weighted by atomic mass is 16.1. The van der Waals surface area contributed by atoms with Gasteiger partial charge >= 0.3 is 0 Å². The fraction of sp³-hybridized carbons (Fsp3) is 0.750. The van der Waals surface area contributed by atoms with Gasteiger partial charge in [-0.3, -0.25) is 4.79 Å². The molecule has 13 heavy (non-hydrogen) atoms. The molecule has 0 N–H and O–H groups in total. The molecule has 0 aliphatic heterocycles. The highest BCUT2D eigenvalue weighted by Crippen LogP contribution is 2.13. The Kier molecular flexibility index (Phi) is 6.56. The van der Waals surface area contributed by atoms with Crippen molar-refractivity contribution in [3.8, 4) is 0 Å². The molecule has 0 unspecified atom stereocenters. The minimum absolute atomic E-state index is 0.266. The molecule has 0 aromatic heterocycles. The number of carbonyl (C=O) groups is 1. The summed E-state index contributed by atoms with van der Waals surface area (Å²) in [4.78, 5) is 11.4. The van der Waals surface area contributed by atoms with E-state index in [4.69, 9.17) is 0 Å². The Hall–Kier alpha value is -0.590. The van der Waals surface area contributed by atoms with Crippen LogP contribution in [0.2, 0.25) is 0 Å². The third-order valence-electron chi connectivity index (χ3n) is 2.18. The van der Waals surface area contributed by atoms with Crippen LogP contribution in [-0.4, -0.2) is 5.78 Å². The number of ketones is 1. The minimum Gasteiger partial charge on any atom is -0.295 e. The van der Waals surface area contributed by atoms with Gasteiger partial charge in [-0.2, -0.15) is 0 Å². The van der Waals surface area contributed by atoms with E-state index >= 15 is 0 Å². The Morgan fingerprint density at radius 1 is 1.31 bits per heavy atom. The molecule has 0 aromatic carbocycles. The molecule has 0 aliphatic rings. The van der Waals surface area contributed by atoms with E-state index in [9.17, 15) is 4.79 Å². The first-order chi connectivity index (χ1) is 6.07. The van der Waals surface area contributed by atoms with Gasteiger partial charge in [-0.25, -0.2) is 0 Å². The van der Waals surface area contributed by atoms with Gasteiger partial charge in [-0.1, -0.05) is 33.8 Å². The molecule has 0 saturated carbocycles. The summed E-state index contributed by atoms with van der Waals surface area (Å²) in [5.74, 6) is 0.929. The zero-order valence-corrected chi connectivity index (χ0v) is 9.23. The third-order valence-corrected chi connectivity index (χ3v) is 2.18. The second-order valence-corrected chi connectivity index (χ2v) is 4.06. The number of hydrogen-bond donors (Lipinski definition) is 0. The normalized spacial score (nSPS) is 10.5. The Balaban J connectivity index is 3.64. The number of Topliss-reactive ketones (excluding diaryl/α,β-unsaturated/α-hetero) is 1. The van der Waals surface area contributed by atoms with Crippen molar-refractivity contribution in [3.63, 3.8) is 0 Å². The standard InChI is InChI=1S/C12H22O/c1-5-6-7-12(13)11(4)9-8-10(2)3/h10H,4-9H2,1-3H3. The van der Waals surface area contributed by atoms with Crippen LogP contribution in [0.3, 0.4) is 0 Å². The molecular weight excluding hydrogens is 160 g/mol. The van der Waals surface area contributed by atoms with Crippen molar-refractivity contribution in [1.82, 2.24) is 0 Å². The first-order valence-corrected chi connectivity index (χ1v) is 5.28. The highest BCUT2D eigenvalue weighted by Gasteiger charge is 2.06. The Morgan fingerprint density at radius 3 is 2.38 bits per heavy atom. The number of hydrogen-bond acceptors (Lipinski definition) is 1. The summed E-state index contributed by atoms with van der Waals surface area (Å²) in [5.41, 5.74) is 0.821. The summed E-state index contributed by atoms with van der Waals surface area (Å²) in [7, 11) is 0. The maximum absolute atomic E-state index is 11.4. The van der Waals surface area contributed by atoms with Crippen LogP contribution in [0, 0.1) is 5.92 Å². The van der Waals surface area contributed by atoms with E-state index in [1.165, 1.54) is 0 Å². The molecule has 0 aliphatic carbocycles. The molecule has 0 rings (SSSR count). The van der Waals surface area contributed by atoms with Gasteiger partial charge < -0.3 is 0 Å². The second-order valence-electron chi connectivity index (χ2n) is 4.06. The Labute approximate surface area is 82.2 Å². The monoisotopic (exact) mass is 182 g/mol. The predicted octanol–water partition coefficient (Wildman–Crippen LogP) is 3.74. The summed E-state index contributed by atoms with van der Waals surface area (Å²) in [6.45, 7) is 10.3. The van der Waals surface area contributed by atoms with Crippen LogP contribution < -0.4 is 0 Å². The molecule has 0 atom stereocenters. The van der Waals surface area contributed by atoms with E-state index in [2.05, 4.69) is 27.4 Å². The first kappa shape index (κ1) is 12.4. The quantitative estimate of drug-likeness (QED) is 0.548. The average Bonchev–Trinajstić information content (AvgIpc) is 2.10. The lowest BCUT2D eigenvalue weighted by atomic mass is 9.99. The highest BCUT2D eigenvalue weighted by molar-refractivity contribution is 5.94. The summed E-state index contributed by atoms with van der Waals surface area (Å²) in [5, 5.41) is 0. The summed E-state index contributed by atoms with van der Waals surface area (Å²) >= 11 is 0. The van der Waals surface area contributed by atoms with Gasteiger partial charge in [-0.15, -0.1) is 0 Å². The van der Waals surface area contributed by atoms with E-state index in [0.29, 0.717) is 12.3 Å². The van der Waals surface area contributed by atoms with Gasteiger partial charge in [0.2, 0.25) is 0 Å². The first-order valence-electron chi connectivity index (χ1n) is 5.28. The molecular formula is C12H22O. The van der Waals surface area contributed by atoms with E-state index < -0.39 is 0 Å². The number of rotatable bonds is 7. The molecule has 0 bridgehead atoms. The lowest BCUT2D eigenvalue weighted by Gasteiger charge is -2.06. The van der Waals surface area contributed by atoms with Gasteiger partial charge in [0.1, 0.15) is 0 Å². The topological polar surface area (TPSA) is 17.1 Å². The maximum atomic E-state index is 11.4. The molecule has 0 heterocycles. The molecule has 1 nitrogen and oxygen atoms in total. The van der Waals surface area contributed by atoms with Crippen LogP contribution in [0.25, 0.3) is 0 Å². The van der Waals surface area contributed by atoms with Crippen molar-refractivity contribution in [2.45, 2.75) is 52.9 Å². The molecule has 1 heteroatoms. The van der Waals surface area contributed by atoms with Crippen LogP contribution in [0.4, 0.5) is 0 Å². The van der Waals surface area contributed by atoms with Crippen molar-refractivity contribution < 1.29 is 4.79 Å². The van der Waals surface area contributed by atoms with Gasteiger partial charge in [0.25, 0.3) is 0 Å². The van der Waals surface area contributed by atoms with Gasteiger partial charge in [0, 0.05) is 6.42 Å². The van der Waals surface area contributed by atoms with Crippen molar-refractivity contribution in [2.75, 3.05) is 0 Å². The third kappa shape index (κ3) is 6.56. The van der Waals surface area contributed by atoms with Gasteiger partial charge in [0.05, 0.1) is 0 Å². The van der Waals surface area contributed by atoms with Crippen LogP contribution in [0.5, 0.6) is 0 Å². The zero-order chi connectivity index (χ0) is 10.3. The molecule has 0 amide bonds. The van der Waals surface area contributed by atoms with E-state index in [1.54, 1.807) is 0 Å². The number of unbranched alkanes of at least 4 members (excludes halogenated alkanes) is 1. The average molecular weight is 182 g/mol. The molecule has 0 spiro atoms. The molecule has 0 radical (unpaired) electrons. The van der Waals surface area contributed by atoms with Crippen LogP contribution in [-0.2, 0) is 4.79 Å². The molecule has 76 valence electrons. The SMILES string of the molecule is C=C(CCC(C)C)C(=O)CCCC. The molecule has 0 saturated heterocycles. The van der Waals surface area contributed by atoms with Crippen LogP contribution in [0.1, 0.15) is 52.9 Å². The smallest absolute Gasteiger partial charge is 0.158 e. The minimum atomic E-state index is 0.266. The van der Waals surface area contributed by atoms with Crippen molar-refractivity contribution in [2.24, 2.45) is 5.92 Å². The summed E-state index contributed by atoms with van der Waals surface area (Å²) < 4.78 is 0. The molecule has 0 aromatic rings. The lowest BCUT2D eigenvalue weighted by Crippen LogP contribution is -2.02. The lowest BCUT2D eigenvalue weighted by molar-refractivity contribution is -0.115. The van der Waals surface area contributed by atoms with Crippen LogP contribution >= 0.6 is 0 Å². The van der Waals surface area contributed by atoms with Gasteiger partial charge in [-0.05, 0) is 30.8 Å². The Morgan fingerprint density at radius 2 is 1.92 bits per heavy atom. The Bertz CT molecular complexity index is 168.